The number of carboxylic acids is 1. The van der Waals surface area contributed by atoms with Gasteiger partial charge in [0.25, 0.3) is 0 Å². The molecule has 3 aromatic rings. The fourth-order valence-electron chi connectivity index (χ4n) is 1.57. The van der Waals surface area contributed by atoms with Gasteiger partial charge in [-0.3, -0.25) is 9.97 Å². The molecule has 0 spiro atoms. The number of carbonyl (C=O) groups is 1. The van der Waals surface area contributed by atoms with Crippen molar-refractivity contribution in [3.8, 4) is 11.4 Å². The van der Waals surface area contributed by atoms with Gasteiger partial charge in [0.2, 0.25) is 0 Å². The third-order valence-electron chi connectivity index (χ3n) is 2.55. The normalized spacial score (nSPS) is 8.04. The number of halogens is 1. The van der Waals surface area contributed by atoms with E-state index in [2.05, 4.69) is 28.5 Å². The Kier molecular flexibility index (Phi) is 15.8. The topological polar surface area (TPSA) is 110 Å². The molecule has 0 atom stereocenters. The molecular weight excluding hydrogens is 527 g/mol. The van der Waals surface area contributed by atoms with Crippen LogP contribution < -0.4 is 0 Å². The Hall–Kier alpha value is -3.15. The van der Waals surface area contributed by atoms with Crippen LogP contribution in [0.25, 0.3) is 11.4 Å². The van der Waals surface area contributed by atoms with Crippen molar-refractivity contribution >= 4 is 19.5 Å². The standard InChI is InChI=1S/C10H8N2.C6H4FNO2.2CO.Re/c1-3-7-11-9(5-1)10-6-2-4-8-12-10;7-4-2-1-3-8-5(4)6(9)10;2*1-2;/h1-8H;1-3H,(H,9,10);;;/q;;2*-1;. The van der Waals surface area contributed by atoms with Gasteiger partial charge in [-0.15, -0.1) is 0 Å². The quantitative estimate of drug-likeness (QED) is 0.498. The van der Waals surface area contributed by atoms with Crippen LogP contribution in [0.4, 0.5) is 4.39 Å². The summed E-state index contributed by atoms with van der Waals surface area (Å²) in [5, 5.41) is 8.26. The minimum absolute atomic E-state index is 0. The number of nitrogens with zero attached hydrogens (tertiary/aromatic N) is 3. The predicted octanol–water partition coefficient (Wildman–Crippen LogP) is 2.27. The van der Waals surface area contributed by atoms with Gasteiger partial charge < -0.3 is 28.3 Å². The first-order valence-corrected chi connectivity index (χ1v) is 6.75. The summed E-state index contributed by atoms with van der Waals surface area (Å²) in [5.74, 6) is -2.16. The SMILES string of the molecule is O=C(O)c1ncccc1F.[C-]=O.[C-]=O.[Re].c1ccc(-c2ccccn2)nc1. The van der Waals surface area contributed by atoms with Gasteiger partial charge in [-0.25, -0.2) is 14.2 Å². The Morgan fingerprint density at radius 2 is 1.22 bits per heavy atom. The summed E-state index contributed by atoms with van der Waals surface area (Å²) >= 11 is 0. The molecule has 3 aromatic heterocycles. The van der Waals surface area contributed by atoms with Crippen LogP contribution >= 0.6 is 0 Å². The van der Waals surface area contributed by atoms with Gasteiger partial charge in [0.05, 0.1) is 11.4 Å². The maximum Gasteiger partial charge on any atom is 0.357 e. The predicted molar refractivity (Wildman–Crippen MR) is 90.0 cm³/mol. The molecule has 0 aliphatic carbocycles. The van der Waals surface area contributed by atoms with E-state index in [1.54, 1.807) is 12.4 Å². The van der Waals surface area contributed by atoms with E-state index in [4.69, 9.17) is 14.7 Å². The molecule has 3 rings (SSSR count). The number of carboxylic acid groups (broad SMARTS) is 1. The summed E-state index contributed by atoms with van der Waals surface area (Å²) < 4.78 is 12.4. The molecule has 0 saturated carbocycles. The Morgan fingerprint density at radius 3 is 1.52 bits per heavy atom. The van der Waals surface area contributed by atoms with Gasteiger partial charge in [-0.1, -0.05) is 12.1 Å². The van der Waals surface area contributed by atoms with Crippen molar-refractivity contribution < 1.29 is 44.3 Å². The molecule has 139 valence electrons. The van der Waals surface area contributed by atoms with Crippen molar-refractivity contribution in [2.45, 2.75) is 0 Å². The van der Waals surface area contributed by atoms with E-state index in [1.807, 2.05) is 36.4 Å². The van der Waals surface area contributed by atoms with E-state index in [0.29, 0.717) is 0 Å². The van der Waals surface area contributed by atoms with E-state index in [-0.39, 0.29) is 20.4 Å². The zero-order chi connectivity index (χ0) is 19.8. The van der Waals surface area contributed by atoms with E-state index in [0.717, 1.165) is 17.5 Å². The summed E-state index contributed by atoms with van der Waals surface area (Å²) in [6.07, 6.45) is 4.76. The van der Waals surface area contributed by atoms with Crippen LogP contribution in [-0.4, -0.2) is 39.6 Å². The van der Waals surface area contributed by atoms with Crippen LogP contribution in [0.15, 0.2) is 67.1 Å². The summed E-state index contributed by atoms with van der Waals surface area (Å²) in [4.78, 5) is 36.8. The molecule has 27 heavy (non-hydrogen) atoms. The first-order valence-electron chi connectivity index (χ1n) is 6.75. The molecule has 0 saturated heterocycles. The van der Waals surface area contributed by atoms with E-state index >= 15 is 0 Å². The number of aromatic carboxylic acids is 1. The summed E-state index contributed by atoms with van der Waals surface area (Å²) in [6, 6.07) is 14.0. The Morgan fingerprint density at radius 1 is 0.778 bits per heavy atom. The van der Waals surface area contributed by atoms with Crippen molar-refractivity contribution in [1.29, 1.82) is 0 Å². The smallest absolute Gasteiger partial charge is 0.357 e. The Bertz CT molecular complexity index is 740. The van der Waals surface area contributed by atoms with Gasteiger partial charge in [-0.2, -0.15) is 0 Å². The number of hydrogen-bond donors (Lipinski definition) is 1. The molecule has 0 aromatic carbocycles. The molecular formula is C18H12FN3O4Re-2. The van der Waals surface area contributed by atoms with Crippen LogP contribution in [0.2, 0.25) is 0 Å². The van der Waals surface area contributed by atoms with Crippen molar-refractivity contribution in [3.05, 3.63) is 78.6 Å². The van der Waals surface area contributed by atoms with Crippen LogP contribution in [0.3, 0.4) is 0 Å². The van der Waals surface area contributed by atoms with Crippen LogP contribution in [0.5, 0.6) is 0 Å². The number of hydrogen-bond acceptors (Lipinski definition) is 6. The molecule has 3 heterocycles. The zero-order valence-corrected chi connectivity index (χ0v) is 16.3. The van der Waals surface area contributed by atoms with Gasteiger partial charge >= 0.3 is 5.97 Å². The maximum absolute atomic E-state index is 12.4. The zero-order valence-electron chi connectivity index (χ0n) is 13.6. The second-order valence-corrected chi connectivity index (χ2v) is 4.07. The molecule has 0 aliphatic heterocycles. The average Bonchev–Trinajstić information content (AvgIpc) is 2.73. The fraction of sp³-hybridized carbons (Fsp3) is 0. The van der Waals surface area contributed by atoms with Crippen LogP contribution in [-0.2, 0) is 30.0 Å². The van der Waals surface area contributed by atoms with Gasteiger partial charge in [0.15, 0.2) is 11.5 Å². The summed E-state index contributed by atoms with van der Waals surface area (Å²) in [6.45, 7) is 9.00. The minimum Gasteiger partial charge on any atom is -0.573 e. The molecule has 7 nitrogen and oxygen atoms in total. The van der Waals surface area contributed by atoms with E-state index < -0.39 is 17.5 Å². The average molecular weight is 540 g/mol. The third-order valence-corrected chi connectivity index (χ3v) is 2.55. The summed E-state index contributed by atoms with van der Waals surface area (Å²) in [5.41, 5.74) is 1.29. The van der Waals surface area contributed by atoms with Crippen molar-refractivity contribution in [1.82, 2.24) is 15.0 Å². The Labute approximate surface area is 169 Å². The molecule has 3 radical (unpaired) electrons. The number of carbonyl (C=O) groups excluding carboxylic acids is 2. The molecule has 0 amide bonds. The molecule has 9 heteroatoms. The first kappa shape index (κ1) is 26.1. The van der Waals surface area contributed by atoms with Crippen LogP contribution in [0.1, 0.15) is 10.5 Å². The van der Waals surface area contributed by atoms with Gasteiger partial charge in [0.1, 0.15) is 0 Å². The second-order valence-electron chi connectivity index (χ2n) is 4.07. The molecule has 0 fully saturated rings. The van der Waals surface area contributed by atoms with E-state index in [1.165, 1.54) is 12.3 Å². The van der Waals surface area contributed by atoms with Crippen molar-refractivity contribution in [2.24, 2.45) is 0 Å². The first-order chi connectivity index (χ1) is 12.7. The van der Waals surface area contributed by atoms with Gasteiger partial charge in [-0.05, 0) is 36.4 Å². The number of aromatic nitrogens is 3. The van der Waals surface area contributed by atoms with E-state index in [9.17, 15) is 9.18 Å². The molecule has 0 aliphatic rings. The number of pyridine rings is 3. The third kappa shape index (κ3) is 9.79. The minimum atomic E-state index is -1.35. The Balaban J connectivity index is 0. The molecule has 0 unspecified atom stereocenters. The second kappa shape index (κ2) is 16.3. The largest absolute Gasteiger partial charge is 0.573 e. The number of rotatable bonds is 2. The van der Waals surface area contributed by atoms with Crippen LogP contribution in [0, 0.1) is 5.82 Å². The fourth-order valence-corrected chi connectivity index (χ4v) is 1.57. The van der Waals surface area contributed by atoms with Crippen molar-refractivity contribution in [2.75, 3.05) is 0 Å². The van der Waals surface area contributed by atoms with Crippen molar-refractivity contribution in [3.63, 3.8) is 0 Å². The monoisotopic (exact) mass is 540 g/mol. The summed E-state index contributed by atoms with van der Waals surface area (Å²) in [7, 11) is 0. The van der Waals surface area contributed by atoms with Gasteiger partial charge in [0, 0.05) is 39.0 Å². The maximum atomic E-state index is 12.4. The molecule has 0 bridgehead atoms. The molecule has 1 N–H and O–H groups in total.